The van der Waals surface area contributed by atoms with Gasteiger partial charge in [-0.25, -0.2) is 0 Å². The molecule has 0 unspecified atom stereocenters. The maximum atomic E-state index is 11.2. The highest BCUT2D eigenvalue weighted by atomic mass is 32.2. The molecule has 1 heterocycles. The molecule has 0 bridgehead atoms. The van der Waals surface area contributed by atoms with Gasteiger partial charge in [-0.05, 0) is 30.5 Å². The molecule has 12 heavy (non-hydrogen) atoms. The summed E-state index contributed by atoms with van der Waals surface area (Å²) in [6, 6.07) is 4.17. The summed E-state index contributed by atoms with van der Waals surface area (Å²) >= 11 is 1.39. The van der Waals surface area contributed by atoms with E-state index in [1.54, 1.807) is 0 Å². The van der Waals surface area contributed by atoms with Gasteiger partial charge in [0.2, 0.25) is 0 Å². The van der Waals surface area contributed by atoms with E-state index < -0.39 is 0 Å². The number of aryl methyl sites for hydroxylation is 2. The molecule has 0 aromatic heterocycles. The maximum Gasteiger partial charge on any atom is 0.198 e. The Balaban J connectivity index is 2.64. The zero-order valence-corrected chi connectivity index (χ0v) is 7.99. The topological polar surface area (TPSA) is 17.1 Å². The molecule has 0 saturated carbocycles. The highest BCUT2D eigenvalue weighted by molar-refractivity contribution is 8.14. The van der Waals surface area contributed by atoms with E-state index in [1.807, 2.05) is 0 Å². The number of carbonyl (C=O) groups excluding carboxylic acids is 1. The molecule has 1 aliphatic heterocycles. The zero-order chi connectivity index (χ0) is 8.72. The van der Waals surface area contributed by atoms with Crippen molar-refractivity contribution >= 4 is 16.9 Å². The lowest BCUT2D eigenvalue weighted by molar-refractivity contribution is -0.110. The quantitative estimate of drug-likeness (QED) is 0.607. The summed E-state index contributed by atoms with van der Waals surface area (Å²) in [6.07, 6.45) is 0.619. The number of rotatable bonds is 0. The number of hydrogen-bond acceptors (Lipinski definition) is 2. The summed E-state index contributed by atoms with van der Waals surface area (Å²) < 4.78 is 0. The Hall–Kier alpha value is -0.760. The molecule has 1 aromatic carbocycles. The molecule has 0 atom stereocenters. The second-order valence-electron chi connectivity index (χ2n) is 3.16. The lowest BCUT2D eigenvalue weighted by atomic mass is 10.0. The van der Waals surface area contributed by atoms with Crippen LogP contribution in [-0.4, -0.2) is 5.12 Å². The molecule has 0 N–H and O–H groups in total. The van der Waals surface area contributed by atoms with Gasteiger partial charge < -0.3 is 0 Å². The fourth-order valence-electron chi connectivity index (χ4n) is 1.50. The summed E-state index contributed by atoms with van der Waals surface area (Å²) in [5.41, 5.74) is 3.71. The van der Waals surface area contributed by atoms with Gasteiger partial charge in [0.25, 0.3) is 0 Å². The van der Waals surface area contributed by atoms with Crippen LogP contribution in [0.1, 0.15) is 16.7 Å². The lowest BCUT2D eigenvalue weighted by Gasteiger charge is -2.03. The Bertz CT molecular complexity index is 322. The molecule has 0 amide bonds. The average molecular weight is 178 g/mol. The first kappa shape index (κ1) is 7.87. The van der Waals surface area contributed by atoms with Gasteiger partial charge in [-0.1, -0.05) is 23.9 Å². The van der Waals surface area contributed by atoms with Gasteiger partial charge in [-0.2, -0.15) is 0 Å². The van der Waals surface area contributed by atoms with Gasteiger partial charge in [-0.15, -0.1) is 0 Å². The molecule has 1 nitrogen and oxygen atoms in total. The molecule has 0 fully saturated rings. The monoisotopic (exact) mass is 178 g/mol. The summed E-state index contributed by atoms with van der Waals surface area (Å²) in [5, 5.41) is 0.280. The number of hydrogen-bond donors (Lipinski definition) is 0. The molecule has 0 spiro atoms. The van der Waals surface area contributed by atoms with Gasteiger partial charge >= 0.3 is 0 Å². The summed E-state index contributed by atoms with van der Waals surface area (Å²) in [6.45, 7) is 4.13. The smallest absolute Gasteiger partial charge is 0.198 e. The Morgan fingerprint density at radius 2 is 1.92 bits per heavy atom. The molecule has 2 heteroatoms. The summed E-state index contributed by atoms with van der Waals surface area (Å²) in [5.74, 6) is 0. The highest BCUT2D eigenvalue weighted by Crippen LogP contribution is 2.36. The second kappa shape index (κ2) is 2.63. The van der Waals surface area contributed by atoms with Crippen molar-refractivity contribution in [2.45, 2.75) is 25.2 Å². The minimum atomic E-state index is 0.280. The standard InChI is InChI=1S/C10H10OS/c1-6-3-4-7(2)10-8(6)5-9(11)12-10/h3-4H,5H2,1-2H3. The SMILES string of the molecule is Cc1ccc(C)c2c1CC(=O)S2. The van der Waals surface area contributed by atoms with Crippen LogP contribution in [0.4, 0.5) is 0 Å². The van der Waals surface area contributed by atoms with Crippen LogP contribution in [0.15, 0.2) is 17.0 Å². The number of benzene rings is 1. The first-order chi connectivity index (χ1) is 5.68. The minimum absolute atomic E-state index is 0.280. The Kier molecular flexibility index (Phi) is 1.72. The third-order valence-corrected chi connectivity index (χ3v) is 3.37. The van der Waals surface area contributed by atoms with Crippen LogP contribution in [0.3, 0.4) is 0 Å². The van der Waals surface area contributed by atoms with Crippen LogP contribution in [0.5, 0.6) is 0 Å². The predicted molar refractivity (Wildman–Crippen MR) is 50.5 cm³/mol. The van der Waals surface area contributed by atoms with E-state index in [-0.39, 0.29) is 5.12 Å². The van der Waals surface area contributed by atoms with Crippen LogP contribution >= 0.6 is 11.8 Å². The molecule has 1 aromatic rings. The van der Waals surface area contributed by atoms with E-state index in [2.05, 4.69) is 26.0 Å². The van der Waals surface area contributed by atoms with Crippen LogP contribution in [0, 0.1) is 13.8 Å². The van der Waals surface area contributed by atoms with Crippen molar-refractivity contribution in [1.82, 2.24) is 0 Å². The summed E-state index contributed by atoms with van der Waals surface area (Å²) in [7, 11) is 0. The van der Waals surface area contributed by atoms with Crippen molar-refractivity contribution in [2.75, 3.05) is 0 Å². The van der Waals surface area contributed by atoms with Crippen LogP contribution in [-0.2, 0) is 11.2 Å². The molecular formula is C10H10OS. The minimum Gasteiger partial charge on any atom is -0.286 e. The van der Waals surface area contributed by atoms with E-state index in [0.29, 0.717) is 6.42 Å². The first-order valence-electron chi connectivity index (χ1n) is 3.98. The number of carbonyl (C=O) groups is 1. The van der Waals surface area contributed by atoms with Crippen molar-refractivity contribution in [3.05, 3.63) is 28.8 Å². The Morgan fingerprint density at radius 3 is 2.58 bits per heavy atom. The van der Waals surface area contributed by atoms with Gasteiger partial charge in [0, 0.05) is 11.3 Å². The fourth-order valence-corrected chi connectivity index (χ4v) is 2.53. The average Bonchev–Trinajstić information content (AvgIpc) is 2.41. The van der Waals surface area contributed by atoms with Gasteiger partial charge in [0.15, 0.2) is 5.12 Å². The van der Waals surface area contributed by atoms with E-state index >= 15 is 0 Å². The first-order valence-corrected chi connectivity index (χ1v) is 4.80. The number of fused-ring (bicyclic) bond motifs is 1. The molecule has 62 valence electrons. The molecule has 0 saturated heterocycles. The molecular weight excluding hydrogens is 168 g/mol. The molecule has 1 aliphatic rings. The van der Waals surface area contributed by atoms with Gasteiger partial charge in [0.05, 0.1) is 0 Å². The summed E-state index contributed by atoms with van der Waals surface area (Å²) in [4.78, 5) is 12.4. The fraction of sp³-hybridized carbons (Fsp3) is 0.300. The van der Waals surface area contributed by atoms with E-state index in [4.69, 9.17) is 0 Å². The van der Waals surface area contributed by atoms with Crippen LogP contribution in [0.25, 0.3) is 0 Å². The predicted octanol–water partition coefficient (Wildman–Crippen LogP) is 2.48. The van der Waals surface area contributed by atoms with Crippen LogP contribution < -0.4 is 0 Å². The van der Waals surface area contributed by atoms with Crippen molar-refractivity contribution in [2.24, 2.45) is 0 Å². The normalized spacial score (nSPS) is 15.0. The molecule has 2 rings (SSSR count). The maximum absolute atomic E-state index is 11.2. The van der Waals surface area contributed by atoms with E-state index in [0.717, 1.165) is 0 Å². The highest BCUT2D eigenvalue weighted by Gasteiger charge is 2.22. The van der Waals surface area contributed by atoms with Gasteiger partial charge in [-0.3, -0.25) is 4.79 Å². The molecule has 0 aliphatic carbocycles. The van der Waals surface area contributed by atoms with Crippen molar-refractivity contribution in [1.29, 1.82) is 0 Å². The van der Waals surface area contributed by atoms with E-state index in [1.165, 1.54) is 33.3 Å². The largest absolute Gasteiger partial charge is 0.286 e. The van der Waals surface area contributed by atoms with Gasteiger partial charge in [0.1, 0.15) is 0 Å². The van der Waals surface area contributed by atoms with E-state index in [9.17, 15) is 4.79 Å². The van der Waals surface area contributed by atoms with Crippen LogP contribution in [0.2, 0.25) is 0 Å². The Morgan fingerprint density at radius 1 is 1.25 bits per heavy atom. The van der Waals surface area contributed by atoms with Crippen molar-refractivity contribution in [3.8, 4) is 0 Å². The second-order valence-corrected chi connectivity index (χ2v) is 4.23. The Labute approximate surface area is 76.2 Å². The zero-order valence-electron chi connectivity index (χ0n) is 7.18. The third-order valence-electron chi connectivity index (χ3n) is 2.23. The van der Waals surface area contributed by atoms with Crippen molar-refractivity contribution < 1.29 is 4.79 Å². The lowest BCUT2D eigenvalue weighted by Crippen LogP contribution is -1.90. The third kappa shape index (κ3) is 1.07. The van der Waals surface area contributed by atoms with Crippen molar-refractivity contribution in [3.63, 3.8) is 0 Å². The number of thioether (sulfide) groups is 1. The molecule has 0 radical (unpaired) electrons.